The van der Waals surface area contributed by atoms with Gasteiger partial charge in [-0.2, -0.15) is 13.2 Å². The van der Waals surface area contributed by atoms with E-state index in [0.717, 1.165) is 17.7 Å². The van der Waals surface area contributed by atoms with Crippen LogP contribution >= 0.6 is 0 Å². The molecule has 0 unspecified atom stereocenters. The largest absolute Gasteiger partial charge is 0.416 e. The van der Waals surface area contributed by atoms with E-state index in [1.54, 1.807) is 33.1 Å². The lowest BCUT2D eigenvalue weighted by molar-refractivity contribution is -0.120. The van der Waals surface area contributed by atoms with Crippen molar-refractivity contribution < 1.29 is 22.7 Å². The summed E-state index contributed by atoms with van der Waals surface area (Å²) in [6.07, 6.45) is 10.0. The topological polar surface area (TPSA) is 50.7 Å². The minimum atomic E-state index is -4.32. The molecule has 0 aliphatic heterocycles. The summed E-state index contributed by atoms with van der Waals surface area (Å²) in [7, 11) is 1.61. The number of aliphatic imine (C=N–C) groups is 1. The van der Waals surface area contributed by atoms with Crippen molar-refractivity contribution in [2.45, 2.75) is 60.6 Å². The van der Waals surface area contributed by atoms with Crippen LogP contribution in [0.5, 0.6) is 0 Å². The summed E-state index contributed by atoms with van der Waals surface area (Å²) in [5, 5.41) is 2.77. The van der Waals surface area contributed by atoms with Crippen LogP contribution in [0.2, 0.25) is 0 Å². The first-order valence-electron chi connectivity index (χ1n) is 11.9. The number of amides is 1. The SMILES string of the molecule is C#C.C=NCC(/C=C\C)=C/C(=C/CC)C(F)(F)F.CC.CC.COCCNC(=O)Cc1ccccc1. The van der Waals surface area contributed by atoms with Gasteiger partial charge >= 0.3 is 6.18 Å². The quantitative estimate of drug-likeness (QED) is 0.154. The molecule has 36 heavy (non-hydrogen) atoms. The van der Waals surface area contributed by atoms with Crippen molar-refractivity contribution in [3.05, 3.63) is 71.3 Å². The third-order valence-electron chi connectivity index (χ3n) is 3.60. The summed E-state index contributed by atoms with van der Waals surface area (Å²) in [5.74, 6) is 0.0354. The van der Waals surface area contributed by atoms with Gasteiger partial charge in [0.25, 0.3) is 0 Å². The molecule has 7 heteroatoms. The second-order valence-electron chi connectivity index (χ2n) is 6.17. The van der Waals surface area contributed by atoms with Gasteiger partial charge in [0, 0.05) is 13.7 Å². The van der Waals surface area contributed by atoms with Crippen molar-refractivity contribution in [1.82, 2.24) is 5.32 Å². The molecule has 0 bridgehead atoms. The summed E-state index contributed by atoms with van der Waals surface area (Å²) < 4.78 is 42.5. The predicted molar refractivity (Wildman–Crippen MR) is 149 cm³/mol. The molecule has 0 aromatic heterocycles. The number of hydrogen-bond donors (Lipinski definition) is 1. The summed E-state index contributed by atoms with van der Waals surface area (Å²) in [4.78, 5) is 14.9. The van der Waals surface area contributed by atoms with Gasteiger partial charge in [0.2, 0.25) is 5.91 Å². The fourth-order valence-corrected chi connectivity index (χ4v) is 2.30. The lowest BCUT2D eigenvalue weighted by Gasteiger charge is -2.08. The van der Waals surface area contributed by atoms with Gasteiger partial charge in [0.15, 0.2) is 0 Å². The highest BCUT2D eigenvalue weighted by Crippen LogP contribution is 2.28. The summed E-state index contributed by atoms with van der Waals surface area (Å²) in [5.41, 5.74) is 0.892. The molecule has 1 amide bonds. The van der Waals surface area contributed by atoms with Gasteiger partial charge in [0.1, 0.15) is 0 Å². The molecule has 0 spiro atoms. The van der Waals surface area contributed by atoms with E-state index in [1.165, 1.54) is 0 Å². The van der Waals surface area contributed by atoms with Crippen LogP contribution < -0.4 is 5.32 Å². The zero-order valence-corrected chi connectivity index (χ0v) is 23.0. The maximum atomic E-state index is 12.6. The normalized spacial score (nSPS) is 10.7. The van der Waals surface area contributed by atoms with E-state index in [9.17, 15) is 18.0 Å². The molecule has 1 N–H and O–H groups in total. The predicted octanol–water partition coefficient (Wildman–Crippen LogP) is 7.38. The van der Waals surface area contributed by atoms with E-state index < -0.39 is 11.7 Å². The van der Waals surface area contributed by atoms with Crippen molar-refractivity contribution in [3.63, 3.8) is 0 Å². The molecule has 0 heterocycles. The number of nitrogens with one attached hydrogen (secondary N) is 1. The average molecular weight is 511 g/mol. The minimum Gasteiger partial charge on any atom is -0.383 e. The Labute approximate surface area is 217 Å². The Morgan fingerprint density at radius 3 is 2.11 bits per heavy atom. The Kier molecular flexibility index (Phi) is 33.3. The van der Waals surface area contributed by atoms with Crippen molar-refractivity contribution >= 4 is 12.6 Å². The Morgan fingerprint density at radius 2 is 1.69 bits per heavy atom. The van der Waals surface area contributed by atoms with Crippen LogP contribution in [0.4, 0.5) is 13.2 Å². The van der Waals surface area contributed by atoms with Crippen molar-refractivity contribution in [1.29, 1.82) is 0 Å². The molecule has 0 aliphatic rings. The monoisotopic (exact) mass is 510 g/mol. The molecule has 1 aromatic carbocycles. The zero-order chi connectivity index (χ0) is 28.8. The van der Waals surface area contributed by atoms with Gasteiger partial charge in [-0.25, -0.2) is 0 Å². The first kappa shape index (κ1) is 40.1. The first-order valence-corrected chi connectivity index (χ1v) is 11.9. The number of nitrogens with zero attached hydrogens (tertiary/aromatic N) is 1. The molecule has 0 fully saturated rings. The molecule has 0 saturated heterocycles. The minimum absolute atomic E-state index is 0.0354. The number of carbonyl (C=O) groups is 1. The van der Waals surface area contributed by atoms with Gasteiger partial charge in [-0.05, 0) is 37.3 Å². The third kappa shape index (κ3) is 25.5. The second kappa shape index (κ2) is 29.9. The number of allylic oxidation sites excluding steroid dienone is 4. The highest BCUT2D eigenvalue weighted by atomic mass is 19.4. The van der Waals surface area contributed by atoms with Crippen molar-refractivity contribution in [2.75, 3.05) is 26.8 Å². The highest BCUT2D eigenvalue weighted by Gasteiger charge is 2.31. The molecule has 0 radical (unpaired) electrons. The maximum Gasteiger partial charge on any atom is 0.416 e. The summed E-state index contributed by atoms with van der Waals surface area (Å²) in [6.45, 7) is 16.0. The molecule has 0 atom stereocenters. The van der Waals surface area contributed by atoms with Crippen LogP contribution in [0, 0.1) is 12.8 Å². The number of hydrogen-bond acceptors (Lipinski definition) is 3. The van der Waals surface area contributed by atoms with Crippen LogP contribution in [0.25, 0.3) is 0 Å². The van der Waals surface area contributed by atoms with Gasteiger partial charge in [0.05, 0.1) is 25.1 Å². The number of benzene rings is 1. The third-order valence-corrected chi connectivity index (χ3v) is 3.60. The van der Waals surface area contributed by atoms with Crippen LogP contribution in [0.15, 0.2) is 70.8 Å². The number of carbonyl (C=O) groups excluding carboxylic acids is 1. The second-order valence-corrected chi connectivity index (χ2v) is 6.17. The van der Waals surface area contributed by atoms with E-state index in [-0.39, 0.29) is 12.5 Å². The van der Waals surface area contributed by atoms with Gasteiger partial charge in [-0.1, -0.05) is 83.2 Å². The summed E-state index contributed by atoms with van der Waals surface area (Å²) in [6, 6.07) is 9.67. The molecule has 0 saturated carbocycles. The lowest BCUT2D eigenvalue weighted by atomic mass is 10.1. The van der Waals surface area contributed by atoms with Gasteiger partial charge in [-0.15, -0.1) is 12.8 Å². The van der Waals surface area contributed by atoms with Gasteiger partial charge in [-0.3, -0.25) is 9.79 Å². The van der Waals surface area contributed by atoms with Crippen LogP contribution in [-0.2, 0) is 16.0 Å². The fraction of sp³-hybridized carbons (Fsp3) is 0.448. The van der Waals surface area contributed by atoms with Crippen molar-refractivity contribution in [2.24, 2.45) is 4.99 Å². The fourth-order valence-electron chi connectivity index (χ4n) is 2.30. The number of terminal acetylenes is 1. The first-order chi connectivity index (χ1) is 17.3. The van der Waals surface area contributed by atoms with Crippen LogP contribution in [0.3, 0.4) is 0 Å². The van der Waals surface area contributed by atoms with Crippen LogP contribution in [0.1, 0.15) is 53.5 Å². The number of rotatable bonds is 10. The molecule has 4 nitrogen and oxygen atoms in total. The van der Waals surface area contributed by atoms with Crippen LogP contribution in [-0.4, -0.2) is 45.6 Å². The van der Waals surface area contributed by atoms with E-state index in [4.69, 9.17) is 4.74 Å². The number of halogens is 3. The number of alkyl halides is 3. The summed E-state index contributed by atoms with van der Waals surface area (Å²) >= 11 is 0. The molecule has 204 valence electrons. The van der Waals surface area contributed by atoms with E-state index in [2.05, 4.69) is 29.9 Å². The average Bonchev–Trinajstić information content (AvgIpc) is 2.88. The number of methoxy groups -OCH3 is 1. The van der Waals surface area contributed by atoms with Gasteiger partial charge < -0.3 is 10.1 Å². The standard InChI is InChI=1S/C12H16F3N.C11H15NO2.2C2H6.C2H2/c1-4-6-10(9-16-3)8-11(7-5-2)12(13,14)15;1-14-8-7-12-11(13)9-10-5-3-2-4-6-10;3*1-2/h4,6-8H,3,5,9H2,1-2H3;2-6H,7-9H2,1H3,(H,12,13);2*1-2H3;1-2H/b6-4-,10-8+,11-7-;;;;. The van der Waals surface area contributed by atoms with E-state index in [1.807, 2.05) is 58.0 Å². The van der Waals surface area contributed by atoms with E-state index in [0.29, 0.717) is 31.6 Å². The maximum absolute atomic E-state index is 12.6. The smallest absolute Gasteiger partial charge is 0.383 e. The zero-order valence-electron chi connectivity index (χ0n) is 23.0. The molecular formula is C29H45F3N2O2. The Morgan fingerprint density at radius 1 is 1.14 bits per heavy atom. The Hall–Kier alpha value is -3.11. The molecule has 0 aliphatic carbocycles. The number of ether oxygens (including phenoxy) is 1. The highest BCUT2D eigenvalue weighted by molar-refractivity contribution is 5.78. The Bertz CT molecular complexity index is 751. The molecule has 1 rings (SSSR count). The Balaban J connectivity index is -0.000000236. The lowest BCUT2D eigenvalue weighted by Crippen LogP contribution is -2.28. The van der Waals surface area contributed by atoms with Crippen molar-refractivity contribution in [3.8, 4) is 12.8 Å². The molecular weight excluding hydrogens is 465 g/mol. The van der Waals surface area contributed by atoms with E-state index >= 15 is 0 Å². The molecule has 1 aromatic rings.